The van der Waals surface area contributed by atoms with Gasteiger partial charge in [-0.3, -0.25) is 9.59 Å². The van der Waals surface area contributed by atoms with E-state index in [-0.39, 0.29) is 25.4 Å². The molecular weight excluding hydrogens is 439 g/mol. The lowest BCUT2D eigenvalue weighted by Gasteiger charge is -2.27. The summed E-state index contributed by atoms with van der Waals surface area (Å²) in [6.45, 7) is -0.953. The van der Waals surface area contributed by atoms with Gasteiger partial charge in [-0.05, 0) is 29.8 Å². The lowest BCUT2D eigenvalue weighted by Crippen LogP contribution is -2.42. The number of hydrogen-bond acceptors (Lipinski definition) is 5. The Morgan fingerprint density at radius 2 is 1.82 bits per heavy atom. The first kappa shape index (κ1) is 22.5. The molecule has 2 aliphatic rings. The molecule has 1 fully saturated rings. The maximum absolute atomic E-state index is 13.2. The molecule has 2 heterocycles. The molecule has 4 rings (SSSR count). The maximum Gasteiger partial charge on any atom is 0.406 e. The number of amides is 2. The third-order valence-corrected chi connectivity index (χ3v) is 5.45. The number of ether oxygens (including phenoxy) is 2. The van der Waals surface area contributed by atoms with Gasteiger partial charge in [0.1, 0.15) is 19.8 Å². The third kappa shape index (κ3) is 5.19. The van der Waals surface area contributed by atoms with Crippen molar-refractivity contribution in [2.45, 2.75) is 19.1 Å². The molecule has 2 aliphatic heterocycles. The maximum atomic E-state index is 13.2. The normalized spacial score (nSPS) is 17.6. The summed E-state index contributed by atoms with van der Waals surface area (Å²) in [6.07, 6.45) is -4.78. The van der Waals surface area contributed by atoms with E-state index in [9.17, 15) is 22.8 Å². The van der Waals surface area contributed by atoms with E-state index in [2.05, 4.69) is 0 Å². The number of alkyl halides is 3. The number of benzene rings is 2. The minimum absolute atomic E-state index is 0.0287. The molecule has 1 unspecified atom stereocenters. The summed E-state index contributed by atoms with van der Waals surface area (Å²) in [5, 5.41) is 8.89. The fourth-order valence-corrected chi connectivity index (χ4v) is 3.91. The van der Waals surface area contributed by atoms with E-state index in [0.717, 1.165) is 0 Å². The number of carbonyl (C=O) groups is 2. The van der Waals surface area contributed by atoms with Gasteiger partial charge in [0.25, 0.3) is 0 Å². The largest absolute Gasteiger partial charge is 0.486 e. The molecule has 0 saturated carbocycles. The van der Waals surface area contributed by atoms with Crippen LogP contribution in [0.1, 0.15) is 17.5 Å². The second-order valence-corrected chi connectivity index (χ2v) is 7.85. The summed E-state index contributed by atoms with van der Waals surface area (Å²) in [6, 6.07) is 12.9. The van der Waals surface area contributed by atoms with Gasteiger partial charge in [-0.25, -0.2) is 0 Å². The van der Waals surface area contributed by atoms with E-state index in [1.165, 1.54) is 29.2 Å². The van der Waals surface area contributed by atoms with Crippen LogP contribution in [0.2, 0.25) is 0 Å². The van der Waals surface area contributed by atoms with Crippen molar-refractivity contribution in [3.63, 3.8) is 0 Å². The van der Waals surface area contributed by atoms with E-state index in [0.29, 0.717) is 46.4 Å². The van der Waals surface area contributed by atoms with E-state index in [1.54, 1.807) is 18.2 Å². The number of rotatable bonds is 5. The van der Waals surface area contributed by atoms with Gasteiger partial charge in [0, 0.05) is 31.3 Å². The van der Waals surface area contributed by atoms with Crippen molar-refractivity contribution in [3.05, 3.63) is 53.6 Å². The van der Waals surface area contributed by atoms with Crippen LogP contribution in [-0.4, -0.2) is 49.2 Å². The Hall–Kier alpha value is -3.74. The molecule has 172 valence electrons. The predicted molar refractivity (Wildman–Crippen MR) is 111 cm³/mol. The lowest BCUT2D eigenvalue weighted by atomic mass is 10.1. The fraction of sp³-hybridized carbons (Fsp3) is 0.348. The molecule has 33 heavy (non-hydrogen) atoms. The van der Waals surface area contributed by atoms with Gasteiger partial charge >= 0.3 is 6.18 Å². The van der Waals surface area contributed by atoms with Crippen molar-refractivity contribution in [3.8, 4) is 17.6 Å². The first-order chi connectivity index (χ1) is 15.7. The molecule has 0 aliphatic carbocycles. The molecule has 0 aromatic heterocycles. The molecule has 2 aromatic carbocycles. The standard InChI is InChI=1S/C23H20F3N3O4/c24-23(25,26)14-28(12-16-3-1-15(11-27)2-4-16)22(31)17-9-21(30)29(13-17)18-5-6-19-20(10-18)33-8-7-32-19/h1-6,10,17H,7-9,12-14H2. The van der Waals surface area contributed by atoms with E-state index in [1.807, 2.05) is 6.07 Å². The highest BCUT2D eigenvalue weighted by atomic mass is 19.4. The molecule has 0 spiro atoms. The summed E-state index contributed by atoms with van der Waals surface area (Å²) < 4.78 is 50.6. The van der Waals surface area contributed by atoms with Gasteiger partial charge in [0.05, 0.1) is 17.6 Å². The number of anilines is 1. The molecule has 7 nitrogen and oxygen atoms in total. The highest BCUT2D eigenvalue weighted by Gasteiger charge is 2.41. The molecular formula is C23H20F3N3O4. The molecule has 0 bridgehead atoms. The van der Waals surface area contributed by atoms with Crippen molar-refractivity contribution >= 4 is 17.5 Å². The summed E-state index contributed by atoms with van der Waals surface area (Å²) in [5.74, 6) is -0.990. The van der Waals surface area contributed by atoms with Crippen LogP contribution in [0.5, 0.6) is 11.5 Å². The highest BCUT2D eigenvalue weighted by molar-refractivity contribution is 6.00. The summed E-state index contributed by atoms with van der Waals surface area (Å²) in [7, 11) is 0. The number of nitriles is 1. The average Bonchev–Trinajstić information content (AvgIpc) is 3.19. The van der Waals surface area contributed by atoms with Crippen LogP contribution in [0.4, 0.5) is 18.9 Å². The number of nitrogens with zero attached hydrogens (tertiary/aromatic N) is 3. The number of fused-ring (bicyclic) bond motifs is 1. The Morgan fingerprint density at radius 3 is 2.48 bits per heavy atom. The van der Waals surface area contributed by atoms with Crippen molar-refractivity contribution in [1.82, 2.24) is 4.90 Å². The Kier molecular flexibility index (Phi) is 6.14. The number of hydrogen-bond donors (Lipinski definition) is 0. The lowest BCUT2D eigenvalue weighted by molar-refractivity contribution is -0.164. The second-order valence-electron chi connectivity index (χ2n) is 7.85. The van der Waals surface area contributed by atoms with Gasteiger partial charge in [-0.1, -0.05) is 12.1 Å². The molecule has 1 saturated heterocycles. The SMILES string of the molecule is N#Cc1ccc(CN(CC(F)(F)F)C(=O)C2CC(=O)N(c3ccc4c(c3)OCCO4)C2)cc1. The average molecular weight is 459 g/mol. The smallest absolute Gasteiger partial charge is 0.406 e. The van der Waals surface area contributed by atoms with Crippen molar-refractivity contribution in [2.75, 3.05) is 31.2 Å². The van der Waals surface area contributed by atoms with Crippen LogP contribution in [0, 0.1) is 17.2 Å². The van der Waals surface area contributed by atoms with Crippen LogP contribution >= 0.6 is 0 Å². The van der Waals surface area contributed by atoms with E-state index in [4.69, 9.17) is 14.7 Å². The van der Waals surface area contributed by atoms with Crippen molar-refractivity contribution < 1.29 is 32.2 Å². The fourth-order valence-electron chi connectivity index (χ4n) is 3.91. The molecule has 10 heteroatoms. The van der Waals surface area contributed by atoms with Crippen molar-refractivity contribution in [2.24, 2.45) is 5.92 Å². The summed E-state index contributed by atoms with van der Waals surface area (Å²) >= 11 is 0. The van der Waals surface area contributed by atoms with Crippen LogP contribution < -0.4 is 14.4 Å². The Morgan fingerprint density at radius 1 is 1.12 bits per heavy atom. The minimum atomic E-state index is -4.60. The summed E-state index contributed by atoms with van der Waals surface area (Å²) in [4.78, 5) is 27.8. The Balaban J connectivity index is 1.51. The first-order valence-corrected chi connectivity index (χ1v) is 10.3. The monoisotopic (exact) mass is 459 g/mol. The molecule has 2 amide bonds. The highest BCUT2D eigenvalue weighted by Crippen LogP contribution is 2.36. The zero-order valence-corrected chi connectivity index (χ0v) is 17.5. The van der Waals surface area contributed by atoms with Gasteiger partial charge in [0.2, 0.25) is 11.8 Å². The summed E-state index contributed by atoms with van der Waals surface area (Å²) in [5.41, 5.74) is 1.32. The van der Waals surface area contributed by atoms with Gasteiger partial charge in [-0.2, -0.15) is 18.4 Å². The number of halogens is 3. The van der Waals surface area contributed by atoms with Gasteiger partial charge in [0.15, 0.2) is 11.5 Å². The van der Waals surface area contributed by atoms with Gasteiger partial charge in [-0.15, -0.1) is 0 Å². The number of carbonyl (C=O) groups excluding carboxylic acids is 2. The zero-order valence-electron chi connectivity index (χ0n) is 17.5. The first-order valence-electron chi connectivity index (χ1n) is 10.3. The van der Waals surface area contributed by atoms with E-state index >= 15 is 0 Å². The molecule has 2 aromatic rings. The van der Waals surface area contributed by atoms with Crippen LogP contribution in [-0.2, 0) is 16.1 Å². The topological polar surface area (TPSA) is 82.9 Å². The van der Waals surface area contributed by atoms with Crippen LogP contribution in [0.3, 0.4) is 0 Å². The second kappa shape index (κ2) is 9.02. The minimum Gasteiger partial charge on any atom is -0.486 e. The molecule has 0 N–H and O–H groups in total. The van der Waals surface area contributed by atoms with Crippen molar-refractivity contribution in [1.29, 1.82) is 5.26 Å². The quantitative estimate of drug-likeness (QED) is 0.686. The van der Waals surface area contributed by atoms with Crippen LogP contribution in [0.15, 0.2) is 42.5 Å². The Bertz CT molecular complexity index is 1100. The van der Waals surface area contributed by atoms with E-state index < -0.39 is 24.5 Å². The molecule has 1 atom stereocenters. The van der Waals surface area contributed by atoms with Crippen LogP contribution in [0.25, 0.3) is 0 Å². The Labute approximate surface area is 187 Å². The predicted octanol–water partition coefficient (Wildman–Crippen LogP) is 3.27. The third-order valence-electron chi connectivity index (χ3n) is 5.45. The zero-order chi connectivity index (χ0) is 23.6. The van der Waals surface area contributed by atoms with Gasteiger partial charge < -0.3 is 19.3 Å². The molecule has 0 radical (unpaired) electrons.